The Balaban J connectivity index is 1.94. The largest absolute Gasteiger partial charge is 0.492 e. The molecule has 3 aromatic rings. The standard InChI is InChI=1S/C17H15NO3/c1-2-7-20-13-8-12(9-18-10-13)17(19)15-11-21-16-6-4-3-5-14(15)16/h3-6,8-11H,2,7H2,1H3. The molecule has 0 radical (unpaired) electrons. The fraction of sp³-hybridized carbons (Fsp3) is 0.176. The summed E-state index contributed by atoms with van der Waals surface area (Å²) < 4.78 is 10.9. The van der Waals surface area contributed by atoms with Crippen molar-refractivity contribution in [3.63, 3.8) is 0 Å². The third-order valence-electron chi connectivity index (χ3n) is 3.17. The molecule has 0 aliphatic rings. The Morgan fingerprint density at radius 1 is 1.29 bits per heavy atom. The van der Waals surface area contributed by atoms with Gasteiger partial charge in [0.1, 0.15) is 17.6 Å². The van der Waals surface area contributed by atoms with Crippen molar-refractivity contribution in [3.05, 3.63) is 60.1 Å². The molecule has 1 aromatic carbocycles. The molecule has 0 spiro atoms. The van der Waals surface area contributed by atoms with E-state index in [0.717, 1.165) is 11.8 Å². The van der Waals surface area contributed by atoms with E-state index in [1.165, 1.54) is 6.26 Å². The fourth-order valence-electron chi connectivity index (χ4n) is 2.15. The highest BCUT2D eigenvalue weighted by atomic mass is 16.5. The van der Waals surface area contributed by atoms with Crippen LogP contribution in [-0.2, 0) is 0 Å². The lowest BCUT2D eigenvalue weighted by atomic mass is 10.0. The van der Waals surface area contributed by atoms with Crippen molar-refractivity contribution in [1.82, 2.24) is 4.98 Å². The summed E-state index contributed by atoms with van der Waals surface area (Å²) in [5.74, 6) is 0.491. The van der Waals surface area contributed by atoms with Crippen molar-refractivity contribution in [3.8, 4) is 5.75 Å². The molecule has 0 N–H and O–H groups in total. The minimum atomic E-state index is -0.116. The molecule has 106 valence electrons. The highest BCUT2D eigenvalue weighted by molar-refractivity contribution is 6.15. The van der Waals surface area contributed by atoms with Gasteiger partial charge in [0.05, 0.1) is 18.4 Å². The van der Waals surface area contributed by atoms with E-state index in [1.807, 2.05) is 31.2 Å². The first kappa shape index (κ1) is 13.4. The molecule has 0 unspecified atom stereocenters. The van der Waals surface area contributed by atoms with Crippen LogP contribution in [0.15, 0.2) is 53.4 Å². The van der Waals surface area contributed by atoms with Crippen molar-refractivity contribution in [2.24, 2.45) is 0 Å². The van der Waals surface area contributed by atoms with Crippen LogP contribution in [0.1, 0.15) is 29.3 Å². The number of para-hydroxylation sites is 1. The Bertz CT molecular complexity index is 776. The lowest BCUT2D eigenvalue weighted by Gasteiger charge is -2.05. The SMILES string of the molecule is CCCOc1cncc(C(=O)c2coc3ccccc23)c1. The van der Waals surface area contributed by atoms with Crippen LogP contribution >= 0.6 is 0 Å². The first-order valence-electron chi connectivity index (χ1n) is 6.88. The molecule has 0 amide bonds. The molecule has 0 aliphatic carbocycles. The summed E-state index contributed by atoms with van der Waals surface area (Å²) >= 11 is 0. The molecular formula is C17H15NO3. The molecule has 3 rings (SSSR count). The van der Waals surface area contributed by atoms with Gasteiger partial charge < -0.3 is 9.15 Å². The third kappa shape index (κ3) is 2.65. The van der Waals surface area contributed by atoms with Crippen LogP contribution in [-0.4, -0.2) is 17.4 Å². The summed E-state index contributed by atoms with van der Waals surface area (Å²) in [5.41, 5.74) is 1.74. The molecule has 0 bridgehead atoms. The van der Waals surface area contributed by atoms with E-state index in [2.05, 4.69) is 4.98 Å². The number of rotatable bonds is 5. The van der Waals surface area contributed by atoms with Gasteiger partial charge in [0.2, 0.25) is 0 Å². The molecule has 0 fully saturated rings. The first-order valence-corrected chi connectivity index (χ1v) is 6.88. The predicted octanol–water partition coefficient (Wildman–Crippen LogP) is 3.85. The zero-order valence-corrected chi connectivity index (χ0v) is 11.7. The molecule has 4 heteroatoms. The average Bonchev–Trinajstić information content (AvgIpc) is 2.96. The number of ketones is 1. The minimum absolute atomic E-state index is 0.116. The summed E-state index contributed by atoms with van der Waals surface area (Å²) in [4.78, 5) is 16.7. The van der Waals surface area contributed by atoms with E-state index in [4.69, 9.17) is 9.15 Å². The number of hydrogen-bond donors (Lipinski definition) is 0. The maximum absolute atomic E-state index is 12.6. The summed E-state index contributed by atoms with van der Waals surface area (Å²) in [6.45, 7) is 2.63. The zero-order valence-electron chi connectivity index (χ0n) is 11.7. The van der Waals surface area contributed by atoms with E-state index in [0.29, 0.717) is 29.1 Å². The zero-order chi connectivity index (χ0) is 14.7. The van der Waals surface area contributed by atoms with Gasteiger partial charge in [0.25, 0.3) is 0 Å². The topological polar surface area (TPSA) is 52.3 Å². The molecule has 2 aromatic heterocycles. The van der Waals surface area contributed by atoms with E-state index in [-0.39, 0.29) is 5.78 Å². The van der Waals surface area contributed by atoms with Gasteiger partial charge in [-0.3, -0.25) is 9.78 Å². The van der Waals surface area contributed by atoms with Gasteiger partial charge in [-0.1, -0.05) is 25.1 Å². The van der Waals surface area contributed by atoms with Crippen LogP contribution in [0.25, 0.3) is 11.0 Å². The maximum Gasteiger partial charge on any atom is 0.198 e. The van der Waals surface area contributed by atoms with Gasteiger partial charge in [-0.15, -0.1) is 0 Å². The summed E-state index contributed by atoms with van der Waals surface area (Å²) in [7, 11) is 0. The number of fused-ring (bicyclic) bond motifs is 1. The molecule has 0 saturated carbocycles. The number of carbonyl (C=O) groups excluding carboxylic acids is 1. The van der Waals surface area contributed by atoms with E-state index >= 15 is 0 Å². The van der Waals surface area contributed by atoms with Crippen molar-refractivity contribution in [2.45, 2.75) is 13.3 Å². The van der Waals surface area contributed by atoms with Crippen LogP contribution < -0.4 is 4.74 Å². The van der Waals surface area contributed by atoms with Gasteiger partial charge in [-0.25, -0.2) is 0 Å². The second-order valence-corrected chi connectivity index (χ2v) is 4.73. The highest BCUT2D eigenvalue weighted by Gasteiger charge is 2.16. The lowest BCUT2D eigenvalue weighted by molar-refractivity contribution is 0.103. The predicted molar refractivity (Wildman–Crippen MR) is 79.7 cm³/mol. The van der Waals surface area contributed by atoms with Crippen molar-refractivity contribution in [1.29, 1.82) is 0 Å². The highest BCUT2D eigenvalue weighted by Crippen LogP contribution is 2.24. The normalized spacial score (nSPS) is 10.7. The second-order valence-electron chi connectivity index (χ2n) is 4.73. The Morgan fingerprint density at radius 2 is 2.14 bits per heavy atom. The number of benzene rings is 1. The Morgan fingerprint density at radius 3 is 3.00 bits per heavy atom. The monoisotopic (exact) mass is 281 g/mol. The van der Waals surface area contributed by atoms with Gasteiger partial charge in [0, 0.05) is 17.1 Å². The fourth-order valence-corrected chi connectivity index (χ4v) is 2.15. The number of carbonyl (C=O) groups is 1. The van der Waals surface area contributed by atoms with Crippen molar-refractivity contribution < 1.29 is 13.9 Å². The molecule has 4 nitrogen and oxygen atoms in total. The minimum Gasteiger partial charge on any atom is -0.492 e. The number of nitrogens with zero attached hydrogens (tertiary/aromatic N) is 1. The number of ether oxygens (including phenoxy) is 1. The molecule has 2 heterocycles. The number of pyridine rings is 1. The number of hydrogen-bond acceptors (Lipinski definition) is 4. The van der Waals surface area contributed by atoms with Gasteiger partial charge in [0.15, 0.2) is 5.78 Å². The summed E-state index contributed by atoms with van der Waals surface area (Å²) in [6, 6.07) is 9.18. The molecule has 0 atom stereocenters. The Kier molecular flexibility index (Phi) is 3.69. The Labute approximate surface area is 122 Å². The van der Waals surface area contributed by atoms with Crippen LogP contribution in [0.4, 0.5) is 0 Å². The summed E-state index contributed by atoms with van der Waals surface area (Å²) in [6.07, 6.45) is 5.56. The maximum atomic E-state index is 12.6. The third-order valence-corrected chi connectivity index (χ3v) is 3.17. The van der Waals surface area contributed by atoms with E-state index in [1.54, 1.807) is 18.5 Å². The smallest absolute Gasteiger partial charge is 0.198 e. The lowest BCUT2D eigenvalue weighted by Crippen LogP contribution is -2.03. The van der Waals surface area contributed by atoms with Gasteiger partial charge in [-0.2, -0.15) is 0 Å². The van der Waals surface area contributed by atoms with Crippen LogP contribution in [0.3, 0.4) is 0 Å². The summed E-state index contributed by atoms with van der Waals surface area (Å²) in [5, 5.41) is 0.808. The van der Waals surface area contributed by atoms with Gasteiger partial charge >= 0.3 is 0 Å². The molecule has 21 heavy (non-hydrogen) atoms. The molecule has 0 aliphatic heterocycles. The van der Waals surface area contributed by atoms with Crippen LogP contribution in [0.2, 0.25) is 0 Å². The van der Waals surface area contributed by atoms with E-state index in [9.17, 15) is 4.79 Å². The second kappa shape index (κ2) is 5.79. The quantitative estimate of drug-likeness (QED) is 0.667. The van der Waals surface area contributed by atoms with Crippen LogP contribution in [0.5, 0.6) is 5.75 Å². The van der Waals surface area contributed by atoms with Crippen molar-refractivity contribution in [2.75, 3.05) is 6.61 Å². The number of aromatic nitrogens is 1. The first-order chi connectivity index (χ1) is 10.3. The average molecular weight is 281 g/mol. The van der Waals surface area contributed by atoms with Crippen molar-refractivity contribution >= 4 is 16.8 Å². The van der Waals surface area contributed by atoms with E-state index < -0.39 is 0 Å². The van der Waals surface area contributed by atoms with Crippen LogP contribution in [0, 0.1) is 0 Å². The molecular weight excluding hydrogens is 266 g/mol. The molecule has 0 saturated heterocycles. The Hall–Kier alpha value is -2.62. The number of furan rings is 1. The van der Waals surface area contributed by atoms with Gasteiger partial charge in [-0.05, 0) is 18.6 Å².